The highest BCUT2D eigenvalue weighted by Crippen LogP contribution is 2.33. The van der Waals surface area contributed by atoms with Crippen molar-refractivity contribution in [1.29, 1.82) is 0 Å². The molecule has 2 aromatic rings. The number of hydrogen-bond acceptors (Lipinski definition) is 2. The van der Waals surface area contributed by atoms with E-state index in [9.17, 15) is 18.0 Å². The SMILES string of the molecule is COc1cc(C)n(Cc2ccccc2)c(=O)c1C(F)(F)F. The van der Waals surface area contributed by atoms with Gasteiger partial charge in [-0.1, -0.05) is 30.3 Å². The van der Waals surface area contributed by atoms with Crippen LogP contribution in [0, 0.1) is 6.92 Å². The number of methoxy groups -OCH3 is 1. The lowest BCUT2D eigenvalue weighted by Gasteiger charge is -2.17. The van der Waals surface area contributed by atoms with Crippen LogP contribution in [0.25, 0.3) is 0 Å². The molecule has 0 saturated carbocycles. The fraction of sp³-hybridized carbons (Fsp3) is 0.267. The molecule has 0 aliphatic heterocycles. The minimum Gasteiger partial charge on any atom is -0.496 e. The third kappa shape index (κ3) is 3.09. The Morgan fingerprint density at radius 3 is 2.33 bits per heavy atom. The van der Waals surface area contributed by atoms with E-state index in [0.29, 0.717) is 5.69 Å². The third-order valence-corrected chi connectivity index (χ3v) is 3.16. The zero-order valence-corrected chi connectivity index (χ0v) is 11.6. The van der Waals surface area contributed by atoms with E-state index < -0.39 is 23.0 Å². The second-order valence-electron chi connectivity index (χ2n) is 4.60. The number of nitrogens with zero attached hydrogens (tertiary/aromatic N) is 1. The van der Waals surface area contributed by atoms with Gasteiger partial charge < -0.3 is 9.30 Å². The summed E-state index contributed by atoms with van der Waals surface area (Å²) in [6.07, 6.45) is -4.76. The van der Waals surface area contributed by atoms with Crippen molar-refractivity contribution >= 4 is 0 Å². The second-order valence-corrected chi connectivity index (χ2v) is 4.60. The molecule has 21 heavy (non-hydrogen) atoms. The zero-order chi connectivity index (χ0) is 15.6. The van der Waals surface area contributed by atoms with E-state index in [1.807, 2.05) is 0 Å². The summed E-state index contributed by atoms with van der Waals surface area (Å²) in [4.78, 5) is 12.2. The predicted molar refractivity (Wildman–Crippen MR) is 72.5 cm³/mol. The molecule has 0 aliphatic rings. The molecule has 0 fully saturated rings. The van der Waals surface area contributed by atoms with E-state index in [1.54, 1.807) is 37.3 Å². The molecule has 0 unspecified atom stereocenters. The van der Waals surface area contributed by atoms with Gasteiger partial charge in [0, 0.05) is 11.8 Å². The molecule has 0 radical (unpaired) electrons. The van der Waals surface area contributed by atoms with Crippen LogP contribution < -0.4 is 10.3 Å². The number of alkyl halides is 3. The maximum Gasteiger partial charge on any atom is 0.425 e. The van der Waals surface area contributed by atoms with Gasteiger partial charge in [0.1, 0.15) is 5.75 Å². The van der Waals surface area contributed by atoms with Crippen LogP contribution in [-0.2, 0) is 12.7 Å². The molecular formula is C15H14F3NO2. The fourth-order valence-corrected chi connectivity index (χ4v) is 2.12. The van der Waals surface area contributed by atoms with Gasteiger partial charge in [-0.3, -0.25) is 4.79 Å². The maximum atomic E-state index is 13.1. The highest BCUT2D eigenvalue weighted by Gasteiger charge is 2.38. The number of halogens is 3. The minimum absolute atomic E-state index is 0.0819. The van der Waals surface area contributed by atoms with Crippen LogP contribution >= 0.6 is 0 Å². The van der Waals surface area contributed by atoms with Crippen LogP contribution in [-0.4, -0.2) is 11.7 Å². The van der Waals surface area contributed by atoms with Crippen molar-refractivity contribution in [3.05, 3.63) is 63.6 Å². The molecule has 0 amide bonds. The number of aryl methyl sites for hydroxylation is 1. The first-order valence-corrected chi connectivity index (χ1v) is 6.24. The van der Waals surface area contributed by atoms with Gasteiger partial charge in [0.05, 0.1) is 13.7 Å². The van der Waals surface area contributed by atoms with E-state index in [-0.39, 0.29) is 6.54 Å². The monoisotopic (exact) mass is 297 g/mol. The summed E-state index contributed by atoms with van der Waals surface area (Å²) in [5.41, 5.74) is -1.20. The molecule has 1 heterocycles. The Balaban J connectivity index is 2.60. The minimum atomic E-state index is -4.76. The van der Waals surface area contributed by atoms with Gasteiger partial charge in [-0.2, -0.15) is 13.2 Å². The molecule has 0 atom stereocenters. The van der Waals surface area contributed by atoms with Crippen molar-refractivity contribution in [3.8, 4) is 5.75 Å². The topological polar surface area (TPSA) is 31.2 Å². The van der Waals surface area contributed by atoms with Crippen LogP contribution in [0.1, 0.15) is 16.8 Å². The standard InChI is InChI=1S/C15H14F3NO2/c1-10-8-12(21-2)13(15(16,17)18)14(20)19(10)9-11-6-4-3-5-7-11/h3-8H,9H2,1-2H3. The number of benzene rings is 1. The Bertz CT molecular complexity index is 691. The number of pyridine rings is 1. The quantitative estimate of drug-likeness (QED) is 0.871. The highest BCUT2D eigenvalue weighted by atomic mass is 19.4. The maximum absolute atomic E-state index is 13.1. The molecule has 1 aromatic heterocycles. The van der Waals surface area contributed by atoms with Crippen LogP contribution in [0.4, 0.5) is 13.2 Å². The Labute approximate surface area is 119 Å². The average Bonchev–Trinajstić information content (AvgIpc) is 2.42. The summed E-state index contributed by atoms with van der Waals surface area (Å²) < 4.78 is 45.0. The number of hydrogen-bond donors (Lipinski definition) is 0. The first kappa shape index (κ1) is 15.2. The largest absolute Gasteiger partial charge is 0.496 e. The van der Waals surface area contributed by atoms with Gasteiger partial charge in [0.2, 0.25) is 0 Å². The Morgan fingerprint density at radius 1 is 1.19 bits per heavy atom. The molecule has 0 bridgehead atoms. The molecular weight excluding hydrogens is 283 g/mol. The Hall–Kier alpha value is -2.24. The molecule has 2 rings (SSSR count). The first-order valence-electron chi connectivity index (χ1n) is 6.24. The number of rotatable bonds is 3. The fourth-order valence-electron chi connectivity index (χ4n) is 2.12. The Kier molecular flexibility index (Phi) is 4.06. The van der Waals surface area contributed by atoms with Gasteiger partial charge in [-0.25, -0.2) is 0 Å². The summed E-state index contributed by atoms with van der Waals surface area (Å²) >= 11 is 0. The van der Waals surface area contributed by atoms with Crippen molar-refractivity contribution < 1.29 is 17.9 Å². The van der Waals surface area contributed by atoms with E-state index in [2.05, 4.69) is 0 Å². The average molecular weight is 297 g/mol. The molecule has 112 valence electrons. The molecule has 0 saturated heterocycles. The Morgan fingerprint density at radius 2 is 1.81 bits per heavy atom. The lowest BCUT2D eigenvalue weighted by Crippen LogP contribution is -2.31. The van der Waals surface area contributed by atoms with E-state index >= 15 is 0 Å². The third-order valence-electron chi connectivity index (χ3n) is 3.16. The second kappa shape index (κ2) is 5.63. The van der Waals surface area contributed by atoms with Crippen molar-refractivity contribution in [3.63, 3.8) is 0 Å². The van der Waals surface area contributed by atoms with E-state index in [4.69, 9.17) is 4.74 Å². The molecule has 6 heteroatoms. The summed E-state index contributed by atoms with van der Waals surface area (Å²) in [6.45, 7) is 1.66. The summed E-state index contributed by atoms with van der Waals surface area (Å²) in [7, 11) is 1.12. The van der Waals surface area contributed by atoms with Crippen LogP contribution in [0.2, 0.25) is 0 Å². The normalized spacial score (nSPS) is 11.5. The van der Waals surface area contributed by atoms with Crippen molar-refractivity contribution in [2.75, 3.05) is 7.11 Å². The van der Waals surface area contributed by atoms with Gasteiger partial charge in [0.15, 0.2) is 5.56 Å². The van der Waals surface area contributed by atoms with Crippen LogP contribution in [0.15, 0.2) is 41.2 Å². The number of aromatic nitrogens is 1. The van der Waals surface area contributed by atoms with E-state index in [0.717, 1.165) is 17.2 Å². The van der Waals surface area contributed by atoms with Crippen LogP contribution in [0.5, 0.6) is 5.75 Å². The predicted octanol–water partition coefficient (Wildman–Crippen LogP) is 3.23. The smallest absolute Gasteiger partial charge is 0.425 e. The van der Waals surface area contributed by atoms with Gasteiger partial charge in [0.25, 0.3) is 5.56 Å². The molecule has 0 N–H and O–H groups in total. The molecule has 3 nitrogen and oxygen atoms in total. The van der Waals surface area contributed by atoms with E-state index in [1.165, 1.54) is 6.07 Å². The van der Waals surface area contributed by atoms with Gasteiger partial charge in [-0.05, 0) is 12.5 Å². The summed E-state index contributed by atoms with van der Waals surface area (Å²) in [5.74, 6) is -0.450. The van der Waals surface area contributed by atoms with Crippen molar-refractivity contribution in [2.24, 2.45) is 0 Å². The molecule has 1 aromatic carbocycles. The van der Waals surface area contributed by atoms with Crippen LogP contribution in [0.3, 0.4) is 0 Å². The molecule has 0 spiro atoms. The van der Waals surface area contributed by atoms with Gasteiger partial charge >= 0.3 is 6.18 Å². The van der Waals surface area contributed by atoms with Gasteiger partial charge in [-0.15, -0.1) is 0 Å². The number of ether oxygens (including phenoxy) is 1. The first-order chi connectivity index (χ1) is 9.84. The summed E-state index contributed by atoms with van der Waals surface area (Å²) in [5, 5.41) is 0. The lowest BCUT2D eigenvalue weighted by molar-refractivity contribution is -0.140. The van der Waals surface area contributed by atoms with Crippen molar-refractivity contribution in [1.82, 2.24) is 4.57 Å². The zero-order valence-electron chi connectivity index (χ0n) is 11.6. The highest BCUT2D eigenvalue weighted by molar-refractivity contribution is 5.36. The van der Waals surface area contributed by atoms with Crippen molar-refractivity contribution in [2.45, 2.75) is 19.6 Å². The molecule has 0 aliphatic carbocycles. The lowest BCUT2D eigenvalue weighted by atomic mass is 10.1. The summed E-state index contributed by atoms with van der Waals surface area (Å²) in [6, 6.07) is 10.1.